The Bertz CT molecular complexity index is 785. The highest BCUT2D eigenvalue weighted by atomic mass is 79.9. The van der Waals surface area contributed by atoms with Gasteiger partial charge in [-0.15, -0.1) is 0 Å². The van der Waals surface area contributed by atoms with E-state index in [2.05, 4.69) is 15.9 Å². The van der Waals surface area contributed by atoms with Gasteiger partial charge >= 0.3 is 5.69 Å². The summed E-state index contributed by atoms with van der Waals surface area (Å²) >= 11 is 3.32. The molecule has 0 aliphatic rings. The summed E-state index contributed by atoms with van der Waals surface area (Å²) in [7, 11) is 1.55. The standard InChI is InChI=1S/C17H16BrFN2O5/c1-20(8-9-25-14-5-2-12(18)3-6-14)17(22)11-26-16-10-13(19)4-7-15(16)21(23)24/h2-7,10H,8-9,11H2,1H3. The summed E-state index contributed by atoms with van der Waals surface area (Å²) in [5, 5.41) is 10.9. The summed E-state index contributed by atoms with van der Waals surface area (Å²) in [6.45, 7) is 0.118. The maximum Gasteiger partial charge on any atom is 0.311 e. The number of hydrogen-bond donors (Lipinski definition) is 0. The summed E-state index contributed by atoms with van der Waals surface area (Å²) in [6.07, 6.45) is 0. The Morgan fingerprint density at radius 3 is 2.58 bits per heavy atom. The number of likely N-dealkylation sites (N-methyl/N-ethyl adjacent to an activating group) is 1. The number of carbonyl (C=O) groups is 1. The Labute approximate surface area is 157 Å². The summed E-state index contributed by atoms with van der Waals surface area (Å²) in [4.78, 5) is 23.6. The Balaban J connectivity index is 1.83. The molecule has 0 heterocycles. The lowest BCUT2D eigenvalue weighted by Gasteiger charge is -2.17. The number of nitrogens with zero attached hydrogens (tertiary/aromatic N) is 2. The molecule has 26 heavy (non-hydrogen) atoms. The molecule has 0 radical (unpaired) electrons. The minimum absolute atomic E-state index is 0.268. The smallest absolute Gasteiger partial charge is 0.311 e. The molecular weight excluding hydrogens is 411 g/mol. The molecule has 0 atom stereocenters. The fraction of sp³-hybridized carbons (Fsp3) is 0.235. The van der Waals surface area contributed by atoms with Gasteiger partial charge in [0.05, 0.1) is 11.5 Å². The molecule has 9 heteroatoms. The van der Waals surface area contributed by atoms with Crippen molar-refractivity contribution in [2.75, 3.05) is 26.8 Å². The van der Waals surface area contributed by atoms with Crippen LogP contribution in [-0.4, -0.2) is 42.5 Å². The van der Waals surface area contributed by atoms with E-state index in [0.717, 1.165) is 22.7 Å². The number of ether oxygens (including phenoxy) is 2. The van der Waals surface area contributed by atoms with Gasteiger partial charge in [-0.1, -0.05) is 15.9 Å². The molecule has 2 aromatic carbocycles. The van der Waals surface area contributed by atoms with Crippen molar-refractivity contribution in [3.05, 3.63) is 62.9 Å². The summed E-state index contributed by atoms with van der Waals surface area (Å²) in [5.74, 6) is -0.721. The first-order chi connectivity index (χ1) is 12.4. The molecule has 1 amide bonds. The SMILES string of the molecule is CN(CCOc1ccc(Br)cc1)C(=O)COc1cc(F)ccc1[N+](=O)[O-]. The zero-order valence-electron chi connectivity index (χ0n) is 13.9. The average molecular weight is 427 g/mol. The predicted molar refractivity (Wildman–Crippen MR) is 95.8 cm³/mol. The molecule has 0 saturated carbocycles. The van der Waals surface area contributed by atoms with Gasteiger partial charge in [0.15, 0.2) is 6.61 Å². The van der Waals surface area contributed by atoms with Gasteiger partial charge in [-0.3, -0.25) is 14.9 Å². The third-order valence-corrected chi connectivity index (χ3v) is 3.93. The topological polar surface area (TPSA) is 81.9 Å². The van der Waals surface area contributed by atoms with E-state index >= 15 is 0 Å². The monoisotopic (exact) mass is 426 g/mol. The van der Waals surface area contributed by atoms with Crippen LogP contribution in [0, 0.1) is 15.9 Å². The van der Waals surface area contributed by atoms with Gasteiger partial charge in [-0.05, 0) is 30.3 Å². The fourth-order valence-corrected chi connectivity index (χ4v) is 2.22. The fourth-order valence-electron chi connectivity index (χ4n) is 1.96. The molecule has 0 saturated heterocycles. The van der Waals surface area contributed by atoms with Gasteiger partial charge in [0.2, 0.25) is 5.75 Å². The van der Waals surface area contributed by atoms with Crippen LogP contribution in [-0.2, 0) is 4.79 Å². The van der Waals surface area contributed by atoms with Gasteiger partial charge in [-0.2, -0.15) is 0 Å². The molecule has 0 N–H and O–H groups in total. The molecule has 0 spiro atoms. The van der Waals surface area contributed by atoms with Gasteiger partial charge in [0.1, 0.15) is 18.2 Å². The minimum atomic E-state index is -0.699. The lowest BCUT2D eigenvalue weighted by molar-refractivity contribution is -0.385. The first kappa shape index (κ1) is 19.6. The first-order valence-electron chi connectivity index (χ1n) is 7.56. The van der Waals surface area contributed by atoms with Crippen LogP contribution in [0.3, 0.4) is 0 Å². The van der Waals surface area contributed by atoms with Crippen LogP contribution in [0.5, 0.6) is 11.5 Å². The first-order valence-corrected chi connectivity index (χ1v) is 8.35. The van der Waals surface area contributed by atoms with Gasteiger partial charge in [0.25, 0.3) is 5.91 Å². The molecule has 7 nitrogen and oxygen atoms in total. The summed E-state index contributed by atoms with van der Waals surface area (Å²) in [5.41, 5.74) is -0.402. The second kappa shape index (κ2) is 9.14. The van der Waals surface area contributed by atoms with Crippen molar-refractivity contribution >= 4 is 27.5 Å². The normalized spacial score (nSPS) is 10.3. The van der Waals surface area contributed by atoms with Crippen molar-refractivity contribution in [1.82, 2.24) is 4.90 Å². The molecule has 0 unspecified atom stereocenters. The van der Waals surface area contributed by atoms with Crippen molar-refractivity contribution in [2.24, 2.45) is 0 Å². The molecule has 0 bridgehead atoms. The minimum Gasteiger partial charge on any atom is -0.492 e. The van der Waals surface area contributed by atoms with Crippen molar-refractivity contribution in [2.45, 2.75) is 0 Å². The van der Waals surface area contributed by atoms with Crippen LogP contribution in [0.1, 0.15) is 0 Å². The quantitative estimate of drug-likeness (QED) is 0.477. The van der Waals surface area contributed by atoms with E-state index in [9.17, 15) is 19.3 Å². The highest BCUT2D eigenvalue weighted by Crippen LogP contribution is 2.27. The Morgan fingerprint density at radius 2 is 1.92 bits per heavy atom. The number of carbonyl (C=O) groups excluding carboxylic acids is 1. The zero-order valence-corrected chi connectivity index (χ0v) is 15.4. The molecular formula is C17H16BrFN2O5. The number of nitro benzene ring substituents is 1. The van der Waals surface area contributed by atoms with E-state index in [1.807, 2.05) is 12.1 Å². The lowest BCUT2D eigenvalue weighted by atomic mass is 10.3. The van der Waals surface area contributed by atoms with Crippen LogP contribution in [0.2, 0.25) is 0 Å². The molecule has 0 aromatic heterocycles. The molecule has 2 rings (SSSR count). The summed E-state index contributed by atoms with van der Waals surface area (Å²) in [6, 6.07) is 10.1. The Morgan fingerprint density at radius 1 is 1.23 bits per heavy atom. The van der Waals surface area contributed by atoms with Crippen LogP contribution in [0.15, 0.2) is 46.9 Å². The Hall–Kier alpha value is -2.68. The molecule has 2 aromatic rings. The summed E-state index contributed by atoms with van der Waals surface area (Å²) < 4.78 is 24.8. The highest BCUT2D eigenvalue weighted by molar-refractivity contribution is 9.10. The Kier molecular flexibility index (Phi) is 6.90. The third kappa shape index (κ3) is 5.69. The van der Waals surface area contributed by atoms with Crippen molar-refractivity contribution in [3.8, 4) is 11.5 Å². The third-order valence-electron chi connectivity index (χ3n) is 3.40. The maximum atomic E-state index is 13.2. The van der Waals surface area contributed by atoms with Crippen LogP contribution in [0.4, 0.5) is 10.1 Å². The number of rotatable bonds is 8. The number of benzene rings is 2. The second-order valence-corrected chi connectivity index (χ2v) is 6.19. The molecule has 0 aliphatic carbocycles. The van der Waals surface area contributed by atoms with E-state index in [1.165, 1.54) is 4.90 Å². The van der Waals surface area contributed by atoms with E-state index in [4.69, 9.17) is 9.47 Å². The second-order valence-electron chi connectivity index (χ2n) is 5.28. The van der Waals surface area contributed by atoms with E-state index in [0.29, 0.717) is 12.3 Å². The number of halogens is 2. The average Bonchev–Trinajstić information content (AvgIpc) is 2.61. The maximum absolute atomic E-state index is 13.2. The highest BCUT2D eigenvalue weighted by Gasteiger charge is 2.18. The number of hydrogen-bond acceptors (Lipinski definition) is 5. The largest absolute Gasteiger partial charge is 0.492 e. The molecule has 0 aliphatic heterocycles. The molecule has 0 fully saturated rings. The predicted octanol–water partition coefficient (Wildman–Crippen LogP) is 3.41. The number of amides is 1. The van der Waals surface area contributed by atoms with Crippen LogP contribution < -0.4 is 9.47 Å². The van der Waals surface area contributed by atoms with Gasteiger partial charge in [0, 0.05) is 23.7 Å². The van der Waals surface area contributed by atoms with E-state index in [1.54, 1.807) is 19.2 Å². The van der Waals surface area contributed by atoms with Crippen molar-refractivity contribution in [1.29, 1.82) is 0 Å². The zero-order chi connectivity index (χ0) is 19.1. The van der Waals surface area contributed by atoms with Crippen LogP contribution in [0.25, 0.3) is 0 Å². The van der Waals surface area contributed by atoms with E-state index < -0.39 is 28.9 Å². The van der Waals surface area contributed by atoms with Crippen molar-refractivity contribution < 1.29 is 23.6 Å². The van der Waals surface area contributed by atoms with Crippen molar-refractivity contribution in [3.63, 3.8) is 0 Å². The van der Waals surface area contributed by atoms with Crippen LogP contribution >= 0.6 is 15.9 Å². The lowest BCUT2D eigenvalue weighted by Crippen LogP contribution is -2.34. The van der Waals surface area contributed by atoms with Gasteiger partial charge in [-0.25, -0.2) is 4.39 Å². The number of nitro groups is 1. The van der Waals surface area contributed by atoms with Gasteiger partial charge < -0.3 is 14.4 Å². The molecule has 138 valence electrons. The van der Waals surface area contributed by atoms with E-state index in [-0.39, 0.29) is 12.4 Å².